The third-order valence-electron chi connectivity index (χ3n) is 1.61. The van der Waals surface area contributed by atoms with E-state index < -0.39 is 11.9 Å². The molecule has 5 nitrogen and oxygen atoms in total. The standard InChI is InChI=1S/C8H8FN3O2/c1-14-8(13)4-2-6(9)12-7(11)5(4)3-10/h2-3,10H,1H3,(H2,11,12). The molecule has 0 aromatic carbocycles. The lowest BCUT2D eigenvalue weighted by molar-refractivity contribution is 0.0600. The number of nitrogens with one attached hydrogen (secondary N) is 1. The van der Waals surface area contributed by atoms with Crippen molar-refractivity contribution < 1.29 is 13.9 Å². The maximum atomic E-state index is 12.8. The van der Waals surface area contributed by atoms with Crippen molar-refractivity contribution in [1.29, 1.82) is 5.41 Å². The van der Waals surface area contributed by atoms with Gasteiger partial charge in [-0.25, -0.2) is 9.78 Å². The van der Waals surface area contributed by atoms with E-state index in [1.165, 1.54) is 0 Å². The van der Waals surface area contributed by atoms with E-state index >= 15 is 0 Å². The van der Waals surface area contributed by atoms with E-state index in [-0.39, 0.29) is 16.9 Å². The van der Waals surface area contributed by atoms with Crippen molar-refractivity contribution in [3.8, 4) is 0 Å². The zero-order chi connectivity index (χ0) is 10.7. The van der Waals surface area contributed by atoms with Crippen LogP contribution < -0.4 is 5.73 Å². The predicted octanol–water partition coefficient (Wildman–Crippen LogP) is 0.587. The van der Waals surface area contributed by atoms with Gasteiger partial charge in [0.15, 0.2) is 0 Å². The molecule has 14 heavy (non-hydrogen) atoms. The first-order chi connectivity index (χ1) is 6.60. The third-order valence-corrected chi connectivity index (χ3v) is 1.61. The summed E-state index contributed by atoms with van der Waals surface area (Å²) in [6, 6.07) is 0.878. The van der Waals surface area contributed by atoms with Crippen molar-refractivity contribution in [2.75, 3.05) is 12.8 Å². The molecular weight excluding hydrogens is 189 g/mol. The van der Waals surface area contributed by atoms with Crippen LogP contribution in [0, 0.1) is 11.4 Å². The van der Waals surface area contributed by atoms with Gasteiger partial charge in [-0.2, -0.15) is 4.39 Å². The summed E-state index contributed by atoms with van der Waals surface area (Å²) >= 11 is 0. The molecule has 0 saturated heterocycles. The first-order valence-electron chi connectivity index (χ1n) is 3.65. The summed E-state index contributed by atoms with van der Waals surface area (Å²) in [5, 5.41) is 6.99. The number of nitrogens with zero attached hydrogens (tertiary/aromatic N) is 1. The van der Waals surface area contributed by atoms with Gasteiger partial charge in [0, 0.05) is 17.8 Å². The quantitative estimate of drug-likeness (QED) is 0.412. The lowest BCUT2D eigenvalue weighted by atomic mass is 10.1. The Hall–Kier alpha value is -1.98. The molecule has 0 aliphatic rings. The predicted molar refractivity (Wildman–Crippen MR) is 47.8 cm³/mol. The van der Waals surface area contributed by atoms with Gasteiger partial charge in [0.25, 0.3) is 0 Å². The Bertz CT molecular complexity index is 392. The van der Waals surface area contributed by atoms with E-state index in [0.29, 0.717) is 0 Å². The molecule has 3 N–H and O–H groups in total. The zero-order valence-electron chi connectivity index (χ0n) is 7.37. The van der Waals surface area contributed by atoms with Crippen LogP contribution in [0.2, 0.25) is 0 Å². The fraction of sp³-hybridized carbons (Fsp3) is 0.125. The van der Waals surface area contributed by atoms with E-state index in [1.54, 1.807) is 0 Å². The van der Waals surface area contributed by atoms with Crippen LogP contribution in [-0.2, 0) is 4.74 Å². The van der Waals surface area contributed by atoms with Crippen molar-refractivity contribution in [2.45, 2.75) is 0 Å². The fourth-order valence-electron chi connectivity index (χ4n) is 0.973. The minimum absolute atomic E-state index is 0.0539. The van der Waals surface area contributed by atoms with Crippen LogP contribution in [0.25, 0.3) is 0 Å². The lowest BCUT2D eigenvalue weighted by Crippen LogP contribution is -2.10. The van der Waals surface area contributed by atoms with E-state index in [4.69, 9.17) is 11.1 Å². The number of nitrogen functional groups attached to an aromatic ring is 1. The summed E-state index contributed by atoms with van der Waals surface area (Å²) in [6.07, 6.45) is 0.827. The van der Waals surface area contributed by atoms with Gasteiger partial charge in [-0.15, -0.1) is 0 Å². The molecule has 1 rings (SSSR count). The highest BCUT2D eigenvalue weighted by molar-refractivity contribution is 6.01. The van der Waals surface area contributed by atoms with Gasteiger partial charge >= 0.3 is 5.97 Å². The first-order valence-corrected chi connectivity index (χ1v) is 3.65. The molecule has 0 atom stereocenters. The summed E-state index contributed by atoms with van der Waals surface area (Å²) in [5.74, 6) is -1.84. The van der Waals surface area contributed by atoms with Gasteiger partial charge in [-0.05, 0) is 0 Å². The largest absolute Gasteiger partial charge is 0.465 e. The van der Waals surface area contributed by atoms with Gasteiger partial charge in [-0.3, -0.25) is 0 Å². The summed E-state index contributed by atoms with van der Waals surface area (Å²) < 4.78 is 17.2. The molecule has 0 radical (unpaired) electrons. The van der Waals surface area contributed by atoms with Crippen molar-refractivity contribution in [1.82, 2.24) is 4.98 Å². The highest BCUT2D eigenvalue weighted by Crippen LogP contribution is 2.14. The highest BCUT2D eigenvalue weighted by atomic mass is 19.1. The molecule has 0 spiro atoms. The maximum Gasteiger partial charge on any atom is 0.338 e. The van der Waals surface area contributed by atoms with Gasteiger partial charge in [0.2, 0.25) is 5.95 Å². The average Bonchev–Trinajstić information content (AvgIpc) is 2.15. The van der Waals surface area contributed by atoms with Crippen molar-refractivity contribution in [3.63, 3.8) is 0 Å². The second-order valence-electron chi connectivity index (χ2n) is 2.43. The maximum absolute atomic E-state index is 12.8. The topological polar surface area (TPSA) is 89.1 Å². The summed E-state index contributed by atoms with van der Waals surface area (Å²) in [5.41, 5.74) is 5.26. The molecule has 74 valence electrons. The number of methoxy groups -OCH3 is 1. The van der Waals surface area contributed by atoms with Gasteiger partial charge in [0.05, 0.1) is 12.7 Å². The van der Waals surface area contributed by atoms with Gasteiger partial charge in [-0.1, -0.05) is 0 Å². The van der Waals surface area contributed by atoms with Crippen LogP contribution >= 0.6 is 0 Å². The number of halogens is 1. The molecule has 0 bridgehead atoms. The Morgan fingerprint density at radius 3 is 2.93 bits per heavy atom. The molecule has 6 heteroatoms. The van der Waals surface area contributed by atoms with E-state index in [2.05, 4.69) is 9.72 Å². The normalized spacial score (nSPS) is 9.57. The number of carbonyl (C=O) groups excluding carboxylic acids is 1. The minimum Gasteiger partial charge on any atom is -0.465 e. The molecule has 0 aliphatic heterocycles. The molecule has 0 aliphatic carbocycles. The highest BCUT2D eigenvalue weighted by Gasteiger charge is 2.15. The van der Waals surface area contributed by atoms with Crippen molar-refractivity contribution in [2.24, 2.45) is 0 Å². The second kappa shape index (κ2) is 3.82. The molecule has 1 aromatic rings. The first kappa shape index (κ1) is 10.1. The minimum atomic E-state index is -0.881. The number of hydrogen-bond donors (Lipinski definition) is 2. The molecule has 0 fully saturated rings. The molecule has 1 heterocycles. The fourth-order valence-corrected chi connectivity index (χ4v) is 0.973. The Morgan fingerprint density at radius 2 is 2.43 bits per heavy atom. The Kier molecular flexibility index (Phi) is 2.76. The van der Waals surface area contributed by atoms with Crippen LogP contribution in [-0.4, -0.2) is 24.3 Å². The lowest BCUT2D eigenvalue weighted by Gasteiger charge is -2.05. The molecular formula is C8H8FN3O2. The third kappa shape index (κ3) is 1.68. The SMILES string of the molecule is COC(=O)c1cc(F)nc(N)c1C=N. The van der Waals surface area contributed by atoms with Gasteiger partial charge in [0.1, 0.15) is 5.82 Å². The Morgan fingerprint density at radius 1 is 1.79 bits per heavy atom. The number of aromatic nitrogens is 1. The smallest absolute Gasteiger partial charge is 0.338 e. The number of anilines is 1. The summed E-state index contributed by atoms with van der Waals surface area (Å²) in [4.78, 5) is 14.4. The van der Waals surface area contributed by atoms with E-state index in [1.807, 2.05) is 0 Å². The van der Waals surface area contributed by atoms with Crippen LogP contribution in [0.3, 0.4) is 0 Å². The number of nitrogens with two attached hydrogens (primary N) is 1. The summed E-state index contributed by atoms with van der Waals surface area (Å²) in [7, 11) is 1.16. The number of carbonyl (C=O) groups is 1. The van der Waals surface area contributed by atoms with Crippen LogP contribution in [0.4, 0.5) is 10.2 Å². The number of hydrogen-bond acceptors (Lipinski definition) is 5. The van der Waals surface area contributed by atoms with Crippen LogP contribution in [0.15, 0.2) is 6.07 Å². The van der Waals surface area contributed by atoms with Crippen LogP contribution in [0.1, 0.15) is 15.9 Å². The van der Waals surface area contributed by atoms with E-state index in [9.17, 15) is 9.18 Å². The number of ether oxygens (including phenoxy) is 1. The zero-order valence-corrected chi connectivity index (χ0v) is 7.37. The van der Waals surface area contributed by atoms with Crippen molar-refractivity contribution in [3.05, 3.63) is 23.1 Å². The molecule has 1 aromatic heterocycles. The summed E-state index contributed by atoms with van der Waals surface area (Å²) in [6.45, 7) is 0. The Labute approximate surface area is 79.2 Å². The van der Waals surface area contributed by atoms with Gasteiger partial charge < -0.3 is 15.9 Å². The molecule has 0 saturated carbocycles. The Balaban J connectivity index is 3.39. The molecule has 0 unspecified atom stereocenters. The monoisotopic (exact) mass is 197 g/mol. The number of esters is 1. The average molecular weight is 197 g/mol. The number of rotatable bonds is 2. The molecule has 0 amide bonds. The van der Waals surface area contributed by atoms with E-state index in [0.717, 1.165) is 19.4 Å². The number of pyridine rings is 1. The van der Waals surface area contributed by atoms with Crippen LogP contribution in [0.5, 0.6) is 0 Å². The van der Waals surface area contributed by atoms with Crippen molar-refractivity contribution >= 4 is 18.0 Å². The second-order valence-corrected chi connectivity index (χ2v) is 2.43.